The summed E-state index contributed by atoms with van der Waals surface area (Å²) in [5.74, 6) is 3.59. The Labute approximate surface area is 214 Å². The minimum absolute atomic E-state index is 0.0556. The minimum atomic E-state index is -0.728. The van der Waals surface area contributed by atoms with Gasteiger partial charge in [0.25, 0.3) is 0 Å². The molecule has 0 heterocycles. The van der Waals surface area contributed by atoms with E-state index in [1.807, 2.05) is 0 Å². The second-order valence-electron chi connectivity index (χ2n) is 14.0. The highest BCUT2D eigenvalue weighted by atomic mass is 16.3. The lowest BCUT2D eigenvalue weighted by molar-refractivity contribution is -0.163. The van der Waals surface area contributed by atoms with Crippen molar-refractivity contribution < 1.29 is 14.7 Å². The number of ketones is 1. The summed E-state index contributed by atoms with van der Waals surface area (Å²) in [5.41, 5.74) is -0.500. The van der Waals surface area contributed by atoms with E-state index in [-0.39, 0.29) is 16.7 Å². The van der Waals surface area contributed by atoms with Gasteiger partial charge in [-0.1, -0.05) is 46.5 Å². The highest BCUT2D eigenvalue weighted by Gasteiger charge is 2.61. The van der Waals surface area contributed by atoms with Gasteiger partial charge in [-0.3, -0.25) is 9.59 Å². The quantitative estimate of drug-likeness (QED) is 0.397. The number of carbonyl (C=O) groups is 2. The lowest BCUT2D eigenvalue weighted by Gasteiger charge is -2.61. The summed E-state index contributed by atoms with van der Waals surface area (Å²) in [6.45, 7) is 8.38. The molecule has 0 bridgehead atoms. The average Bonchev–Trinajstić information content (AvgIpc) is 3.10. The lowest BCUT2D eigenvalue weighted by Crippen LogP contribution is -2.58. The summed E-state index contributed by atoms with van der Waals surface area (Å²) in [5, 5.41) is 11.9. The average molecular weight is 486 g/mol. The van der Waals surface area contributed by atoms with Crippen molar-refractivity contribution in [1.82, 2.24) is 4.90 Å². The molecule has 1 amide bonds. The summed E-state index contributed by atoms with van der Waals surface area (Å²) in [6.07, 6.45) is 17.3. The van der Waals surface area contributed by atoms with Gasteiger partial charge in [0, 0.05) is 30.8 Å². The third-order valence-corrected chi connectivity index (χ3v) is 12.1. The molecule has 4 heteroatoms. The van der Waals surface area contributed by atoms with Crippen molar-refractivity contribution in [2.45, 2.75) is 129 Å². The molecule has 0 radical (unpaired) electrons. The number of nitrogens with zero attached hydrogens (tertiary/aromatic N) is 1. The van der Waals surface area contributed by atoms with Gasteiger partial charge in [-0.15, -0.1) is 0 Å². The van der Waals surface area contributed by atoms with E-state index >= 15 is 0 Å². The molecule has 1 N–H and O–H groups in total. The number of rotatable bonds is 8. The zero-order valence-electron chi connectivity index (χ0n) is 22.8. The van der Waals surface area contributed by atoms with Gasteiger partial charge in [0.15, 0.2) is 0 Å². The highest BCUT2D eigenvalue weighted by molar-refractivity contribution is 5.87. The molecule has 35 heavy (non-hydrogen) atoms. The lowest BCUT2D eigenvalue weighted by atomic mass is 9.44. The fourth-order valence-corrected chi connectivity index (χ4v) is 9.50. The number of carbonyl (C=O) groups excluding carboxylic acids is 2. The first kappa shape index (κ1) is 25.7. The first-order valence-corrected chi connectivity index (χ1v) is 15.2. The molecule has 0 aliphatic heterocycles. The Bertz CT molecular complexity index is 807. The van der Waals surface area contributed by atoms with E-state index in [0.717, 1.165) is 64.3 Å². The summed E-state index contributed by atoms with van der Waals surface area (Å²) in [7, 11) is 0. The van der Waals surface area contributed by atoms with Crippen molar-refractivity contribution in [2.24, 2.45) is 40.4 Å². The fraction of sp³-hybridized carbons (Fsp3) is 0.935. The monoisotopic (exact) mass is 485 g/mol. The predicted octanol–water partition coefficient (Wildman–Crippen LogP) is 6.54. The molecule has 7 atom stereocenters. The second-order valence-corrected chi connectivity index (χ2v) is 14.0. The first-order valence-electron chi connectivity index (χ1n) is 15.2. The third kappa shape index (κ3) is 4.53. The molecule has 0 aromatic rings. The molecule has 0 aromatic carbocycles. The van der Waals surface area contributed by atoms with Gasteiger partial charge in [-0.05, 0) is 99.7 Å². The number of aliphatic hydroxyl groups is 1. The Kier molecular flexibility index (Phi) is 7.18. The normalized spacial score (nSPS) is 43.1. The number of hydrogen-bond acceptors (Lipinski definition) is 3. The molecule has 198 valence electrons. The van der Waals surface area contributed by atoms with Gasteiger partial charge in [0.05, 0.1) is 5.60 Å². The van der Waals surface area contributed by atoms with Crippen LogP contribution in [0.15, 0.2) is 0 Å². The zero-order valence-corrected chi connectivity index (χ0v) is 22.8. The van der Waals surface area contributed by atoms with Crippen LogP contribution in [0.3, 0.4) is 0 Å². The van der Waals surface area contributed by atoms with Crippen LogP contribution in [-0.4, -0.2) is 40.4 Å². The molecule has 5 aliphatic rings. The van der Waals surface area contributed by atoms with Crippen LogP contribution in [0.2, 0.25) is 0 Å². The maximum atomic E-state index is 13.3. The van der Waals surface area contributed by atoms with Gasteiger partial charge < -0.3 is 10.0 Å². The van der Waals surface area contributed by atoms with Gasteiger partial charge in [0.2, 0.25) is 5.91 Å². The Morgan fingerprint density at radius 3 is 2.49 bits per heavy atom. The largest absolute Gasteiger partial charge is 0.388 e. The smallest absolute Gasteiger partial charge is 0.225 e. The van der Waals surface area contributed by atoms with E-state index in [1.54, 1.807) is 0 Å². The summed E-state index contributed by atoms with van der Waals surface area (Å²) in [4.78, 5) is 28.1. The van der Waals surface area contributed by atoms with Gasteiger partial charge in [-0.2, -0.15) is 0 Å². The van der Waals surface area contributed by atoms with Crippen LogP contribution in [0.1, 0.15) is 124 Å². The highest BCUT2D eigenvalue weighted by Crippen LogP contribution is 2.66. The number of hydrogen-bond donors (Lipinski definition) is 1. The van der Waals surface area contributed by atoms with E-state index < -0.39 is 5.60 Å². The van der Waals surface area contributed by atoms with Crippen molar-refractivity contribution in [3.63, 3.8) is 0 Å². The van der Waals surface area contributed by atoms with Crippen LogP contribution in [0.5, 0.6) is 0 Å². The number of Topliss-reactive ketones (excluding diaryl/α,β-unsaturated/α-hetero) is 1. The van der Waals surface area contributed by atoms with E-state index in [2.05, 4.69) is 25.7 Å². The molecule has 5 saturated carbocycles. The van der Waals surface area contributed by atoms with E-state index in [1.165, 1.54) is 44.9 Å². The second kappa shape index (κ2) is 9.76. The molecule has 4 nitrogen and oxygen atoms in total. The Hall–Kier alpha value is -0.900. The molecule has 5 fully saturated rings. The molecule has 5 aliphatic carbocycles. The Morgan fingerprint density at radius 2 is 1.77 bits per heavy atom. The van der Waals surface area contributed by atoms with Crippen LogP contribution in [0.25, 0.3) is 0 Å². The van der Waals surface area contributed by atoms with Crippen LogP contribution < -0.4 is 0 Å². The summed E-state index contributed by atoms with van der Waals surface area (Å²) in [6, 6.07) is 0. The first-order chi connectivity index (χ1) is 16.7. The predicted molar refractivity (Wildman–Crippen MR) is 140 cm³/mol. The Morgan fingerprint density at radius 1 is 0.971 bits per heavy atom. The third-order valence-electron chi connectivity index (χ3n) is 12.1. The zero-order chi connectivity index (χ0) is 24.8. The van der Waals surface area contributed by atoms with E-state index in [0.29, 0.717) is 41.9 Å². The summed E-state index contributed by atoms with van der Waals surface area (Å²) < 4.78 is 0. The number of amides is 1. The summed E-state index contributed by atoms with van der Waals surface area (Å²) >= 11 is 0. The number of fused-ring (bicyclic) bond motifs is 5. The topological polar surface area (TPSA) is 57.6 Å². The maximum Gasteiger partial charge on any atom is 0.225 e. The van der Waals surface area contributed by atoms with Gasteiger partial charge in [-0.25, -0.2) is 0 Å². The van der Waals surface area contributed by atoms with Gasteiger partial charge >= 0.3 is 0 Å². The molecule has 0 saturated heterocycles. The van der Waals surface area contributed by atoms with Crippen LogP contribution in [0, 0.1) is 40.4 Å². The fourth-order valence-electron chi connectivity index (χ4n) is 9.50. The van der Waals surface area contributed by atoms with Crippen molar-refractivity contribution in [3.05, 3.63) is 0 Å². The van der Waals surface area contributed by atoms with Gasteiger partial charge in [0.1, 0.15) is 5.78 Å². The molecule has 5 rings (SSSR count). The van der Waals surface area contributed by atoms with Crippen molar-refractivity contribution in [2.75, 3.05) is 13.1 Å². The van der Waals surface area contributed by atoms with Crippen molar-refractivity contribution in [1.29, 1.82) is 0 Å². The standard InChI is InChI=1S/C31H51NO3/c1-4-5-6-7-19-32(28(34)22-9-8-10-22)21-31(35)18-17-29(2)23(20-31)11-12-24-25-13-14-27(33)30(25,3)16-15-26(24)29/h22-26,35H,4-21H2,1-3H3/t23?,24-,25-,26-,29-,30-,31+/m0/s1. The van der Waals surface area contributed by atoms with Crippen molar-refractivity contribution in [3.8, 4) is 0 Å². The molecule has 0 aromatic heterocycles. The minimum Gasteiger partial charge on any atom is -0.388 e. The Balaban J connectivity index is 1.26. The molecular formula is C31H51NO3. The van der Waals surface area contributed by atoms with Crippen LogP contribution in [-0.2, 0) is 9.59 Å². The van der Waals surface area contributed by atoms with E-state index in [9.17, 15) is 14.7 Å². The van der Waals surface area contributed by atoms with Crippen LogP contribution in [0.4, 0.5) is 0 Å². The SMILES string of the molecule is CCCCCCN(C[C@@]1(O)CC[C@@]2(C)C(CC[C@@H]3[C@@H]2CC[C@]2(C)C(=O)CC[C@@H]32)C1)C(=O)C1CCC1. The van der Waals surface area contributed by atoms with E-state index in [4.69, 9.17) is 0 Å². The van der Waals surface area contributed by atoms with Crippen molar-refractivity contribution >= 4 is 11.7 Å². The molecule has 0 spiro atoms. The number of unbranched alkanes of at least 4 members (excludes halogenated alkanes) is 3. The maximum absolute atomic E-state index is 13.3. The molecular weight excluding hydrogens is 434 g/mol. The molecule has 1 unspecified atom stereocenters. The van der Waals surface area contributed by atoms with Crippen LogP contribution >= 0.6 is 0 Å².